The van der Waals surface area contributed by atoms with Crippen molar-refractivity contribution >= 4 is 10.0 Å². The Labute approximate surface area is 186 Å². The molecule has 8 nitrogen and oxygen atoms in total. The smallest absolute Gasteiger partial charge is 0.246 e. The van der Waals surface area contributed by atoms with Gasteiger partial charge in [0.1, 0.15) is 4.90 Å². The molecular weight excluding hydrogens is 426 g/mol. The van der Waals surface area contributed by atoms with Gasteiger partial charge in [-0.3, -0.25) is 4.68 Å². The van der Waals surface area contributed by atoms with Gasteiger partial charge in [-0.25, -0.2) is 8.42 Å². The van der Waals surface area contributed by atoms with Crippen LogP contribution in [0.3, 0.4) is 0 Å². The Morgan fingerprint density at radius 1 is 0.969 bits per heavy atom. The van der Waals surface area contributed by atoms with Crippen molar-refractivity contribution in [2.75, 3.05) is 13.1 Å². The van der Waals surface area contributed by atoms with E-state index in [-0.39, 0.29) is 10.8 Å². The lowest BCUT2D eigenvalue weighted by Crippen LogP contribution is -2.37. The summed E-state index contributed by atoms with van der Waals surface area (Å²) < 4.78 is 34.9. The Morgan fingerprint density at radius 3 is 2.38 bits per heavy atom. The molecule has 164 valence electrons. The van der Waals surface area contributed by atoms with Crippen LogP contribution in [0.5, 0.6) is 0 Å². The monoisotopic (exact) mass is 449 g/mol. The van der Waals surface area contributed by atoms with E-state index in [1.165, 1.54) is 10.5 Å². The van der Waals surface area contributed by atoms with Crippen molar-refractivity contribution in [3.05, 3.63) is 84.5 Å². The standard InChI is InChI=1S/C23H23N5O3S/c29-32(30,21-15-24-27(17-21)16-18-7-3-1-4-8-18)28-13-11-20(12-14-28)23-25-22(26-31-23)19-9-5-2-6-10-19/h1-10,15,17,20H,11-14,16H2. The molecule has 1 fully saturated rings. The maximum Gasteiger partial charge on any atom is 0.246 e. The second-order valence-electron chi connectivity index (χ2n) is 7.86. The van der Waals surface area contributed by atoms with Crippen LogP contribution in [0.1, 0.15) is 30.2 Å². The number of hydrogen-bond donors (Lipinski definition) is 0. The molecule has 0 spiro atoms. The normalized spacial score (nSPS) is 15.8. The lowest BCUT2D eigenvalue weighted by molar-refractivity contribution is 0.271. The van der Waals surface area contributed by atoms with Crippen molar-refractivity contribution in [1.29, 1.82) is 0 Å². The van der Waals surface area contributed by atoms with Crippen LogP contribution in [-0.4, -0.2) is 45.7 Å². The van der Waals surface area contributed by atoms with E-state index < -0.39 is 10.0 Å². The fraction of sp³-hybridized carbons (Fsp3) is 0.261. The molecule has 0 radical (unpaired) electrons. The molecule has 1 aliphatic heterocycles. The van der Waals surface area contributed by atoms with Gasteiger partial charge in [-0.1, -0.05) is 65.8 Å². The van der Waals surface area contributed by atoms with E-state index in [0.717, 1.165) is 11.1 Å². The predicted molar refractivity (Wildman–Crippen MR) is 118 cm³/mol. The summed E-state index contributed by atoms with van der Waals surface area (Å²) >= 11 is 0. The Kier molecular flexibility index (Phi) is 5.59. The maximum absolute atomic E-state index is 13.1. The lowest BCUT2D eigenvalue weighted by atomic mass is 9.98. The summed E-state index contributed by atoms with van der Waals surface area (Å²) in [7, 11) is -3.59. The molecule has 0 atom stereocenters. The van der Waals surface area contributed by atoms with E-state index in [1.54, 1.807) is 10.9 Å². The molecule has 1 aliphatic rings. The molecule has 1 saturated heterocycles. The number of sulfonamides is 1. The van der Waals surface area contributed by atoms with Crippen LogP contribution in [0.15, 0.2) is 82.5 Å². The third-order valence-electron chi connectivity index (χ3n) is 5.71. The minimum Gasteiger partial charge on any atom is -0.339 e. The highest BCUT2D eigenvalue weighted by Crippen LogP contribution is 2.31. The molecular formula is C23H23N5O3S. The summed E-state index contributed by atoms with van der Waals surface area (Å²) in [5, 5.41) is 8.33. The van der Waals surface area contributed by atoms with Crippen LogP contribution in [0, 0.1) is 0 Å². The molecule has 0 amide bonds. The van der Waals surface area contributed by atoms with Crippen molar-refractivity contribution in [2.45, 2.75) is 30.2 Å². The Bertz CT molecular complexity index is 1280. The molecule has 5 rings (SSSR count). The zero-order valence-electron chi connectivity index (χ0n) is 17.4. The number of rotatable bonds is 6. The highest BCUT2D eigenvalue weighted by atomic mass is 32.2. The molecule has 0 aliphatic carbocycles. The molecule has 4 aromatic rings. The summed E-state index contributed by atoms with van der Waals surface area (Å²) in [6.45, 7) is 1.33. The van der Waals surface area contributed by atoms with Crippen LogP contribution in [0.25, 0.3) is 11.4 Å². The lowest BCUT2D eigenvalue weighted by Gasteiger charge is -2.29. The average Bonchev–Trinajstić information content (AvgIpc) is 3.51. The van der Waals surface area contributed by atoms with Crippen molar-refractivity contribution in [2.24, 2.45) is 0 Å². The summed E-state index contributed by atoms with van der Waals surface area (Å²) in [4.78, 5) is 4.75. The zero-order valence-corrected chi connectivity index (χ0v) is 18.2. The molecule has 2 aromatic heterocycles. The topological polar surface area (TPSA) is 94.1 Å². The molecule has 0 N–H and O–H groups in total. The largest absolute Gasteiger partial charge is 0.339 e. The summed E-state index contributed by atoms with van der Waals surface area (Å²) in [6, 6.07) is 19.5. The number of nitrogens with zero attached hydrogens (tertiary/aromatic N) is 5. The quantitative estimate of drug-likeness (QED) is 0.447. The van der Waals surface area contributed by atoms with Gasteiger partial charge in [0.2, 0.25) is 21.7 Å². The van der Waals surface area contributed by atoms with Gasteiger partial charge >= 0.3 is 0 Å². The number of benzene rings is 2. The van der Waals surface area contributed by atoms with E-state index in [9.17, 15) is 8.42 Å². The van der Waals surface area contributed by atoms with Gasteiger partial charge < -0.3 is 4.52 Å². The van der Waals surface area contributed by atoms with E-state index in [4.69, 9.17) is 4.52 Å². The van der Waals surface area contributed by atoms with Crippen LogP contribution >= 0.6 is 0 Å². The van der Waals surface area contributed by atoms with Gasteiger partial charge in [-0.15, -0.1) is 0 Å². The fourth-order valence-electron chi connectivity index (χ4n) is 3.93. The van der Waals surface area contributed by atoms with Crippen LogP contribution in [0.4, 0.5) is 0 Å². The molecule has 9 heteroatoms. The van der Waals surface area contributed by atoms with Crippen molar-refractivity contribution in [1.82, 2.24) is 24.2 Å². The molecule has 0 bridgehead atoms. The minimum atomic E-state index is -3.59. The van der Waals surface area contributed by atoms with E-state index >= 15 is 0 Å². The van der Waals surface area contributed by atoms with Crippen LogP contribution in [-0.2, 0) is 16.6 Å². The number of aromatic nitrogens is 4. The Hall–Kier alpha value is -3.30. The molecule has 0 unspecified atom stereocenters. The van der Waals surface area contributed by atoms with E-state index in [2.05, 4.69) is 15.2 Å². The van der Waals surface area contributed by atoms with Gasteiger partial charge in [0.15, 0.2) is 0 Å². The average molecular weight is 450 g/mol. The highest BCUT2D eigenvalue weighted by molar-refractivity contribution is 7.89. The Morgan fingerprint density at radius 2 is 1.66 bits per heavy atom. The molecule has 32 heavy (non-hydrogen) atoms. The molecule has 2 aromatic carbocycles. The third-order valence-corrected chi connectivity index (χ3v) is 7.56. The first-order valence-corrected chi connectivity index (χ1v) is 12.0. The summed E-state index contributed by atoms with van der Waals surface area (Å²) in [5.41, 5.74) is 1.96. The Balaban J connectivity index is 1.24. The second-order valence-corrected chi connectivity index (χ2v) is 9.80. The third kappa shape index (κ3) is 4.21. The number of piperidine rings is 1. The van der Waals surface area contributed by atoms with E-state index in [0.29, 0.717) is 44.2 Å². The first-order valence-electron chi connectivity index (χ1n) is 10.6. The van der Waals surface area contributed by atoms with Crippen LogP contribution < -0.4 is 0 Å². The van der Waals surface area contributed by atoms with Gasteiger partial charge in [-0.2, -0.15) is 14.4 Å². The van der Waals surface area contributed by atoms with Crippen molar-refractivity contribution in [3.8, 4) is 11.4 Å². The maximum atomic E-state index is 13.1. The van der Waals surface area contributed by atoms with Crippen molar-refractivity contribution < 1.29 is 12.9 Å². The van der Waals surface area contributed by atoms with Gasteiger partial charge in [0.25, 0.3) is 0 Å². The van der Waals surface area contributed by atoms with E-state index in [1.807, 2.05) is 60.7 Å². The van der Waals surface area contributed by atoms with Gasteiger partial charge in [0.05, 0.1) is 12.7 Å². The minimum absolute atomic E-state index is 0.0483. The summed E-state index contributed by atoms with van der Waals surface area (Å²) in [5.74, 6) is 1.17. The van der Waals surface area contributed by atoms with Gasteiger partial charge in [-0.05, 0) is 18.4 Å². The molecule has 0 saturated carbocycles. The van der Waals surface area contributed by atoms with Gasteiger partial charge in [0, 0.05) is 30.8 Å². The first-order chi connectivity index (χ1) is 15.6. The second kappa shape index (κ2) is 8.68. The zero-order chi connectivity index (χ0) is 22.0. The van der Waals surface area contributed by atoms with Crippen molar-refractivity contribution in [3.63, 3.8) is 0 Å². The SMILES string of the molecule is O=S(=O)(c1cnn(Cc2ccccc2)c1)N1CCC(c2nc(-c3ccccc3)no2)CC1. The number of hydrogen-bond acceptors (Lipinski definition) is 6. The highest BCUT2D eigenvalue weighted by Gasteiger charge is 2.33. The van der Waals surface area contributed by atoms with Crippen LogP contribution in [0.2, 0.25) is 0 Å². The predicted octanol–water partition coefficient (Wildman–Crippen LogP) is 3.55. The molecule has 3 heterocycles. The fourth-order valence-corrected chi connectivity index (χ4v) is 5.36. The summed E-state index contributed by atoms with van der Waals surface area (Å²) in [6.07, 6.45) is 4.29. The first kappa shape index (κ1) is 20.6.